The second-order valence-corrected chi connectivity index (χ2v) is 5.63. The smallest absolute Gasteiger partial charge is 0.346 e. The lowest BCUT2D eigenvalue weighted by Gasteiger charge is -2.08. The Morgan fingerprint density at radius 3 is 2.59 bits per heavy atom. The quantitative estimate of drug-likeness (QED) is 0.700. The van der Waals surface area contributed by atoms with Gasteiger partial charge in [-0.2, -0.15) is 4.98 Å². The molecule has 3 rings (SSSR count). The molecule has 7 nitrogen and oxygen atoms in total. The summed E-state index contributed by atoms with van der Waals surface area (Å²) >= 11 is 0. The number of hydrogen-bond acceptors (Lipinski definition) is 5. The van der Waals surface area contributed by atoms with Gasteiger partial charge in [0.2, 0.25) is 0 Å². The number of benzene rings is 2. The van der Waals surface area contributed by atoms with Crippen LogP contribution in [0.5, 0.6) is 11.5 Å². The average Bonchev–Trinajstić information content (AvgIpc) is 2.69. The van der Waals surface area contributed by atoms with Gasteiger partial charge < -0.3 is 19.8 Å². The Morgan fingerprint density at radius 2 is 1.89 bits per heavy atom. The molecule has 27 heavy (non-hydrogen) atoms. The van der Waals surface area contributed by atoms with E-state index < -0.39 is 11.6 Å². The fourth-order valence-corrected chi connectivity index (χ4v) is 2.51. The molecule has 0 radical (unpaired) electrons. The van der Waals surface area contributed by atoms with Gasteiger partial charge in [-0.05, 0) is 49.4 Å². The zero-order valence-corrected chi connectivity index (χ0v) is 15.0. The summed E-state index contributed by atoms with van der Waals surface area (Å²) in [5.74, 6) is 0.908. The molecular weight excluding hydrogens is 346 g/mol. The molecule has 0 saturated heterocycles. The maximum absolute atomic E-state index is 12.5. The van der Waals surface area contributed by atoms with Gasteiger partial charge in [0.25, 0.3) is 5.91 Å². The molecule has 0 aliphatic heterocycles. The fraction of sp³-hybridized carbons (Fsp3) is 0.150. The first-order chi connectivity index (χ1) is 13.1. The molecule has 2 N–H and O–H groups in total. The number of rotatable bonds is 6. The molecule has 0 unspecified atom stereocenters. The number of hydrogen-bond donors (Lipinski definition) is 2. The molecule has 1 aromatic heterocycles. The summed E-state index contributed by atoms with van der Waals surface area (Å²) in [5, 5.41) is 2.74. The number of aromatic nitrogens is 2. The molecule has 7 heteroatoms. The summed E-state index contributed by atoms with van der Waals surface area (Å²) in [7, 11) is 1.56. The Balaban J connectivity index is 1.84. The normalized spacial score (nSPS) is 10.3. The molecule has 0 atom stereocenters. The highest BCUT2D eigenvalue weighted by molar-refractivity contribution is 6.03. The van der Waals surface area contributed by atoms with Gasteiger partial charge in [-0.1, -0.05) is 12.1 Å². The first-order valence-corrected chi connectivity index (χ1v) is 8.39. The molecule has 0 bridgehead atoms. The average molecular weight is 365 g/mol. The second-order valence-electron chi connectivity index (χ2n) is 5.63. The summed E-state index contributed by atoms with van der Waals surface area (Å²) in [4.78, 5) is 30.8. The monoisotopic (exact) mass is 365 g/mol. The third-order valence-electron chi connectivity index (χ3n) is 3.78. The predicted molar refractivity (Wildman–Crippen MR) is 102 cm³/mol. The zero-order chi connectivity index (χ0) is 19.2. The molecule has 3 aromatic rings. The van der Waals surface area contributed by atoms with Crippen molar-refractivity contribution in [3.63, 3.8) is 0 Å². The summed E-state index contributed by atoms with van der Waals surface area (Å²) in [5.41, 5.74) is 1.16. The molecule has 0 fully saturated rings. The second kappa shape index (κ2) is 8.18. The van der Waals surface area contributed by atoms with Gasteiger partial charge in [0.05, 0.1) is 19.4 Å². The van der Waals surface area contributed by atoms with Crippen LogP contribution in [0, 0.1) is 0 Å². The molecule has 1 amide bonds. The number of H-pyrrole nitrogens is 1. The van der Waals surface area contributed by atoms with Crippen LogP contribution in [-0.4, -0.2) is 29.6 Å². The molecule has 0 saturated carbocycles. The van der Waals surface area contributed by atoms with E-state index in [1.807, 2.05) is 6.92 Å². The number of nitrogens with zero attached hydrogens (tertiary/aromatic N) is 1. The number of aromatic amines is 1. The lowest BCUT2D eigenvalue weighted by molar-refractivity contribution is 0.102. The minimum absolute atomic E-state index is 0.113. The third kappa shape index (κ3) is 4.52. The standard InChI is InChI=1S/C20H19N3O4/c1-3-27-15-9-7-14(8-10-15)21-19(24)18-12-17(22-20(25)23-18)13-5-4-6-16(11-13)26-2/h4-12H,3H2,1-2H3,(H,21,24)(H,22,23,25). The fourth-order valence-electron chi connectivity index (χ4n) is 2.51. The number of methoxy groups -OCH3 is 1. The van der Waals surface area contributed by atoms with E-state index in [4.69, 9.17) is 9.47 Å². The van der Waals surface area contributed by atoms with Crippen molar-refractivity contribution in [2.45, 2.75) is 6.92 Å². The van der Waals surface area contributed by atoms with Crippen LogP contribution in [0.3, 0.4) is 0 Å². The molecule has 0 aliphatic rings. The highest BCUT2D eigenvalue weighted by Crippen LogP contribution is 2.22. The van der Waals surface area contributed by atoms with E-state index >= 15 is 0 Å². The molecule has 1 heterocycles. The van der Waals surface area contributed by atoms with Gasteiger partial charge >= 0.3 is 5.69 Å². The van der Waals surface area contributed by atoms with Crippen molar-refractivity contribution in [1.29, 1.82) is 0 Å². The number of carbonyl (C=O) groups is 1. The summed E-state index contributed by atoms with van der Waals surface area (Å²) in [6, 6.07) is 15.6. The number of amides is 1. The lowest BCUT2D eigenvalue weighted by atomic mass is 10.1. The van der Waals surface area contributed by atoms with Crippen LogP contribution in [0.2, 0.25) is 0 Å². The number of carbonyl (C=O) groups excluding carboxylic acids is 1. The lowest BCUT2D eigenvalue weighted by Crippen LogP contribution is -2.21. The van der Waals surface area contributed by atoms with E-state index in [9.17, 15) is 9.59 Å². The highest BCUT2D eigenvalue weighted by atomic mass is 16.5. The Hall–Kier alpha value is -3.61. The van der Waals surface area contributed by atoms with Crippen LogP contribution >= 0.6 is 0 Å². The zero-order valence-electron chi connectivity index (χ0n) is 15.0. The van der Waals surface area contributed by atoms with Crippen molar-refractivity contribution >= 4 is 11.6 Å². The van der Waals surface area contributed by atoms with Crippen LogP contribution in [0.4, 0.5) is 5.69 Å². The van der Waals surface area contributed by atoms with E-state index in [1.165, 1.54) is 6.07 Å². The Morgan fingerprint density at radius 1 is 1.11 bits per heavy atom. The predicted octanol–water partition coefficient (Wildman–Crippen LogP) is 3.10. The molecule has 2 aromatic carbocycles. The summed E-state index contributed by atoms with van der Waals surface area (Å²) < 4.78 is 10.6. The highest BCUT2D eigenvalue weighted by Gasteiger charge is 2.12. The van der Waals surface area contributed by atoms with E-state index in [-0.39, 0.29) is 5.69 Å². The van der Waals surface area contributed by atoms with Gasteiger partial charge in [0.1, 0.15) is 17.2 Å². The Bertz CT molecular complexity index is 997. The number of ether oxygens (including phenoxy) is 2. The van der Waals surface area contributed by atoms with Crippen LogP contribution in [0.25, 0.3) is 11.3 Å². The first kappa shape index (κ1) is 18.2. The van der Waals surface area contributed by atoms with Gasteiger partial charge in [0, 0.05) is 11.3 Å². The van der Waals surface area contributed by atoms with Crippen LogP contribution in [0.1, 0.15) is 17.4 Å². The van der Waals surface area contributed by atoms with Crippen molar-refractivity contribution in [3.8, 4) is 22.8 Å². The van der Waals surface area contributed by atoms with E-state index in [0.29, 0.717) is 35.1 Å². The largest absolute Gasteiger partial charge is 0.497 e. The van der Waals surface area contributed by atoms with E-state index in [2.05, 4.69) is 15.3 Å². The van der Waals surface area contributed by atoms with Crippen LogP contribution < -0.4 is 20.5 Å². The maximum Gasteiger partial charge on any atom is 0.346 e. The molecule has 0 aliphatic carbocycles. The summed E-state index contributed by atoms with van der Waals surface area (Å²) in [6.45, 7) is 2.46. The van der Waals surface area contributed by atoms with Crippen molar-refractivity contribution < 1.29 is 14.3 Å². The number of nitrogens with one attached hydrogen (secondary N) is 2. The first-order valence-electron chi connectivity index (χ1n) is 8.39. The minimum Gasteiger partial charge on any atom is -0.497 e. The van der Waals surface area contributed by atoms with Crippen molar-refractivity contribution in [3.05, 3.63) is 70.8 Å². The Labute approximate surface area is 156 Å². The van der Waals surface area contributed by atoms with Gasteiger partial charge in [0.15, 0.2) is 0 Å². The molecule has 0 spiro atoms. The van der Waals surface area contributed by atoms with Crippen molar-refractivity contribution in [2.75, 3.05) is 19.0 Å². The third-order valence-corrected chi connectivity index (χ3v) is 3.78. The molecule has 138 valence electrons. The van der Waals surface area contributed by atoms with Gasteiger partial charge in [-0.3, -0.25) is 4.79 Å². The van der Waals surface area contributed by atoms with Crippen molar-refractivity contribution in [2.24, 2.45) is 0 Å². The van der Waals surface area contributed by atoms with E-state index in [0.717, 1.165) is 0 Å². The van der Waals surface area contributed by atoms with Crippen LogP contribution in [0.15, 0.2) is 59.4 Å². The topological polar surface area (TPSA) is 93.3 Å². The van der Waals surface area contributed by atoms with Crippen LogP contribution in [-0.2, 0) is 0 Å². The van der Waals surface area contributed by atoms with Gasteiger partial charge in [-0.15, -0.1) is 0 Å². The minimum atomic E-state index is -0.604. The summed E-state index contributed by atoms with van der Waals surface area (Å²) in [6.07, 6.45) is 0. The van der Waals surface area contributed by atoms with Crippen molar-refractivity contribution in [1.82, 2.24) is 9.97 Å². The van der Waals surface area contributed by atoms with E-state index in [1.54, 1.807) is 55.6 Å². The SMILES string of the molecule is CCOc1ccc(NC(=O)c2cc(-c3cccc(OC)c3)nc(=O)[nH]2)cc1. The molecular formula is C20H19N3O4. The Kier molecular flexibility index (Phi) is 5.51. The number of anilines is 1. The maximum atomic E-state index is 12.5. The van der Waals surface area contributed by atoms with Gasteiger partial charge in [-0.25, -0.2) is 4.79 Å².